The molecule has 0 radical (unpaired) electrons. The summed E-state index contributed by atoms with van der Waals surface area (Å²) in [4.78, 5) is 12.3. The number of sulfonamides is 1. The topological polar surface area (TPSA) is 136 Å². The molecular formula is C22H22Cl2FN3O7S3. The highest BCUT2D eigenvalue weighted by Crippen LogP contribution is 2.36. The van der Waals surface area contributed by atoms with Crippen molar-refractivity contribution < 1.29 is 30.3 Å². The van der Waals surface area contributed by atoms with Crippen LogP contribution in [0.4, 0.5) is 15.1 Å². The second kappa shape index (κ2) is 13.0. The van der Waals surface area contributed by atoms with Crippen molar-refractivity contribution in [1.82, 2.24) is 4.72 Å². The zero-order chi connectivity index (χ0) is 27.9. The predicted octanol–water partition coefficient (Wildman–Crippen LogP) is 4.51. The Morgan fingerprint density at radius 2 is 1.61 bits per heavy atom. The maximum Gasteiger partial charge on any atom is 0.328 e. The SMILES string of the molecule is O=[N+]([O-])c1sccc1C(CNS(=O)(=O)c1ccc(F)cc1)S(=O)(=O)Oc1ccc(N(CCCl)CCCl)cc1. The van der Waals surface area contributed by atoms with Gasteiger partial charge in [0.05, 0.1) is 15.4 Å². The van der Waals surface area contributed by atoms with Gasteiger partial charge in [0.15, 0.2) is 0 Å². The number of halogens is 3. The van der Waals surface area contributed by atoms with Gasteiger partial charge in [-0.2, -0.15) is 8.42 Å². The monoisotopic (exact) mass is 625 g/mol. The summed E-state index contributed by atoms with van der Waals surface area (Å²) >= 11 is 12.3. The fraction of sp³-hybridized carbons (Fsp3) is 0.273. The Morgan fingerprint density at radius 1 is 1.00 bits per heavy atom. The van der Waals surface area contributed by atoms with Crippen LogP contribution >= 0.6 is 34.5 Å². The van der Waals surface area contributed by atoms with Crippen LogP contribution in [0, 0.1) is 15.9 Å². The van der Waals surface area contributed by atoms with E-state index in [0.717, 1.165) is 24.3 Å². The minimum absolute atomic E-state index is 0.0882. The Bertz CT molecular complexity index is 1450. The van der Waals surface area contributed by atoms with Gasteiger partial charge in [-0.1, -0.05) is 11.3 Å². The van der Waals surface area contributed by atoms with E-state index < -0.39 is 47.7 Å². The van der Waals surface area contributed by atoms with Crippen molar-refractivity contribution in [3.63, 3.8) is 0 Å². The van der Waals surface area contributed by atoms with Gasteiger partial charge in [0, 0.05) is 37.1 Å². The first kappa shape index (κ1) is 30.1. The number of benzene rings is 2. The Hall–Kier alpha value is -2.49. The standard InChI is InChI=1S/C22H22Cl2FN3O7S3/c23-10-12-27(13-11-24)17-3-5-18(6-4-17)35-38(33,34)21(20-9-14-36-22(20)28(29)30)15-26-37(31,32)19-7-1-16(25)2-8-19/h1-9,14,21,26H,10-13,15H2. The Labute approximate surface area is 233 Å². The summed E-state index contributed by atoms with van der Waals surface area (Å²) in [6, 6.07) is 11.1. The smallest absolute Gasteiger partial charge is 0.328 e. The lowest BCUT2D eigenvalue weighted by atomic mass is 10.2. The molecular weight excluding hydrogens is 604 g/mol. The van der Waals surface area contributed by atoms with Crippen LogP contribution in [0.2, 0.25) is 0 Å². The predicted molar refractivity (Wildman–Crippen MR) is 145 cm³/mol. The molecule has 3 rings (SSSR count). The van der Waals surface area contributed by atoms with Gasteiger partial charge in [-0.3, -0.25) is 10.1 Å². The van der Waals surface area contributed by atoms with E-state index >= 15 is 0 Å². The fourth-order valence-corrected chi connectivity index (χ4v) is 7.13. The number of nitrogens with zero attached hydrogens (tertiary/aromatic N) is 2. The third-order valence-electron chi connectivity index (χ3n) is 5.24. The largest absolute Gasteiger partial charge is 0.382 e. The minimum atomic E-state index is -4.66. The molecule has 10 nitrogen and oxygen atoms in total. The molecule has 1 unspecified atom stereocenters. The van der Waals surface area contributed by atoms with Gasteiger partial charge in [0.1, 0.15) is 16.8 Å². The first-order valence-electron chi connectivity index (χ1n) is 10.9. The summed E-state index contributed by atoms with van der Waals surface area (Å²) in [6.45, 7) is 0.229. The van der Waals surface area contributed by atoms with Gasteiger partial charge >= 0.3 is 15.1 Å². The molecule has 1 N–H and O–H groups in total. The zero-order valence-corrected chi connectivity index (χ0v) is 23.5. The van der Waals surface area contributed by atoms with Crippen LogP contribution in [0.25, 0.3) is 0 Å². The fourth-order valence-electron chi connectivity index (χ4n) is 3.43. The summed E-state index contributed by atoms with van der Waals surface area (Å²) in [7, 11) is -8.95. The van der Waals surface area contributed by atoms with Gasteiger partial charge in [0.2, 0.25) is 10.0 Å². The number of nitrogens with one attached hydrogen (secondary N) is 1. The lowest BCUT2D eigenvalue weighted by Crippen LogP contribution is -2.33. The molecule has 1 atom stereocenters. The number of anilines is 1. The zero-order valence-electron chi connectivity index (χ0n) is 19.5. The molecule has 206 valence electrons. The molecule has 0 fully saturated rings. The number of hydrogen-bond acceptors (Lipinski definition) is 9. The number of nitro groups is 1. The first-order valence-corrected chi connectivity index (χ1v) is 15.8. The number of rotatable bonds is 14. The average Bonchev–Trinajstić information content (AvgIpc) is 3.34. The van der Waals surface area contributed by atoms with Crippen LogP contribution in [-0.4, -0.2) is 53.2 Å². The lowest BCUT2D eigenvalue weighted by Gasteiger charge is -2.23. The van der Waals surface area contributed by atoms with Crippen LogP contribution in [0.3, 0.4) is 0 Å². The Kier molecular flexibility index (Phi) is 10.3. The molecule has 0 bridgehead atoms. The van der Waals surface area contributed by atoms with Gasteiger partial charge < -0.3 is 9.08 Å². The van der Waals surface area contributed by atoms with E-state index in [1.165, 1.54) is 23.6 Å². The average molecular weight is 627 g/mol. The van der Waals surface area contributed by atoms with Crippen molar-refractivity contribution in [3.05, 3.63) is 81.5 Å². The molecule has 38 heavy (non-hydrogen) atoms. The van der Waals surface area contributed by atoms with Crippen LogP contribution < -0.4 is 13.8 Å². The first-order chi connectivity index (χ1) is 18.0. The number of hydrogen-bond donors (Lipinski definition) is 1. The molecule has 1 aromatic heterocycles. The van der Waals surface area contributed by atoms with Gasteiger partial charge in [-0.15, -0.1) is 23.2 Å². The molecule has 0 saturated carbocycles. The number of alkyl halides is 2. The van der Waals surface area contributed by atoms with Crippen LogP contribution in [0.15, 0.2) is 64.9 Å². The third kappa shape index (κ3) is 7.55. The molecule has 0 saturated heterocycles. The highest BCUT2D eigenvalue weighted by Gasteiger charge is 2.37. The van der Waals surface area contributed by atoms with Gasteiger partial charge in [-0.25, -0.2) is 17.5 Å². The molecule has 0 amide bonds. The normalized spacial score (nSPS) is 12.7. The van der Waals surface area contributed by atoms with Crippen molar-refractivity contribution in [2.75, 3.05) is 36.3 Å². The summed E-state index contributed by atoms with van der Waals surface area (Å²) in [5.41, 5.74) is 0.474. The molecule has 1 heterocycles. The maximum atomic E-state index is 13.3. The van der Waals surface area contributed by atoms with E-state index in [1.807, 2.05) is 4.90 Å². The minimum Gasteiger partial charge on any atom is -0.382 e. The summed E-state index contributed by atoms with van der Waals surface area (Å²) < 4.78 is 72.7. The molecule has 2 aromatic carbocycles. The van der Waals surface area contributed by atoms with Crippen molar-refractivity contribution in [2.24, 2.45) is 0 Å². The van der Waals surface area contributed by atoms with E-state index in [0.29, 0.717) is 41.9 Å². The molecule has 0 spiro atoms. The highest BCUT2D eigenvalue weighted by molar-refractivity contribution is 7.89. The quantitative estimate of drug-likeness (QED) is 0.120. The van der Waals surface area contributed by atoms with Gasteiger partial charge in [-0.05, 0) is 60.0 Å². The number of thiophene rings is 1. The van der Waals surface area contributed by atoms with Crippen molar-refractivity contribution >= 4 is 65.4 Å². The molecule has 0 aliphatic carbocycles. The lowest BCUT2D eigenvalue weighted by molar-refractivity contribution is -0.380. The van der Waals surface area contributed by atoms with E-state index in [-0.39, 0.29) is 16.2 Å². The third-order valence-corrected chi connectivity index (χ3v) is 9.44. The summed E-state index contributed by atoms with van der Waals surface area (Å²) in [5.74, 6) is -0.0578. The maximum absolute atomic E-state index is 13.3. The van der Waals surface area contributed by atoms with Gasteiger partial charge in [0.25, 0.3) is 0 Å². The summed E-state index contributed by atoms with van der Waals surface area (Å²) in [5, 5.41) is 10.6. The van der Waals surface area contributed by atoms with Crippen LogP contribution in [-0.2, 0) is 20.1 Å². The van der Waals surface area contributed by atoms with E-state index in [2.05, 4.69) is 4.72 Å². The van der Waals surface area contributed by atoms with E-state index in [4.69, 9.17) is 27.4 Å². The second-order valence-corrected chi connectivity index (χ2v) is 12.8. The van der Waals surface area contributed by atoms with E-state index in [1.54, 1.807) is 12.1 Å². The Balaban J connectivity index is 1.90. The van der Waals surface area contributed by atoms with Crippen LogP contribution in [0.1, 0.15) is 10.8 Å². The highest BCUT2D eigenvalue weighted by atomic mass is 35.5. The van der Waals surface area contributed by atoms with Crippen LogP contribution in [0.5, 0.6) is 5.75 Å². The molecule has 0 aliphatic heterocycles. The Morgan fingerprint density at radius 3 is 2.16 bits per heavy atom. The molecule has 3 aromatic rings. The summed E-state index contributed by atoms with van der Waals surface area (Å²) in [6.07, 6.45) is 0. The second-order valence-electron chi connectivity index (χ2n) is 7.67. The van der Waals surface area contributed by atoms with E-state index in [9.17, 15) is 31.3 Å². The molecule has 0 aliphatic rings. The van der Waals surface area contributed by atoms with Crippen molar-refractivity contribution in [3.8, 4) is 5.75 Å². The van der Waals surface area contributed by atoms with Crippen molar-refractivity contribution in [1.29, 1.82) is 0 Å². The molecule has 16 heteroatoms. The van der Waals surface area contributed by atoms with Crippen molar-refractivity contribution in [2.45, 2.75) is 10.1 Å².